The van der Waals surface area contributed by atoms with E-state index in [0.29, 0.717) is 24.7 Å². The second-order valence-electron chi connectivity index (χ2n) is 6.60. The lowest BCUT2D eigenvalue weighted by Crippen LogP contribution is -3.00. The highest BCUT2D eigenvalue weighted by Gasteiger charge is 2.40. The van der Waals surface area contributed by atoms with Gasteiger partial charge in [-0.1, -0.05) is 30.3 Å². The van der Waals surface area contributed by atoms with Gasteiger partial charge in [-0.05, 0) is 5.56 Å². The quantitative estimate of drug-likeness (QED) is 0.301. The van der Waals surface area contributed by atoms with Crippen molar-refractivity contribution in [2.24, 2.45) is 4.99 Å². The van der Waals surface area contributed by atoms with Gasteiger partial charge in [0.05, 0.1) is 13.3 Å². The van der Waals surface area contributed by atoms with Gasteiger partial charge in [-0.15, -0.1) is 0 Å². The van der Waals surface area contributed by atoms with E-state index in [2.05, 4.69) is 10.3 Å². The number of amides is 2. The molecule has 1 aromatic rings. The first-order valence-electron chi connectivity index (χ1n) is 9.18. The third-order valence-corrected chi connectivity index (χ3v) is 4.20. The molecule has 1 aromatic carbocycles. The number of hydrogen-bond donors (Lipinski definition) is 2. The Hall–Kier alpha value is -2.76. The van der Waals surface area contributed by atoms with Crippen LogP contribution in [0.15, 0.2) is 46.8 Å². The summed E-state index contributed by atoms with van der Waals surface area (Å²) in [6.45, 7) is 4.17. The molecule has 11 heteroatoms. The molecule has 10 nitrogen and oxygen atoms in total. The van der Waals surface area contributed by atoms with Crippen molar-refractivity contribution in [1.82, 2.24) is 15.1 Å². The van der Waals surface area contributed by atoms with Crippen molar-refractivity contribution in [1.29, 1.82) is 0 Å². The summed E-state index contributed by atoms with van der Waals surface area (Å²) in [5, 5.41) is 3.88. The maximum atomic E-state index is 12.8. The molecule has 0 bridgehead atoms. The highest BCUT2D eigenvalue weighted by molar-refractivity contribution is 6.00. The van der Waals surface area contributed by atoms with Gasteiger partial charge in [-0.25, -0.2) is 10.1 Å². The van der Waals surface area contributed by atoms with Gasteiger partial charge in [-0.2, -0.15) is 4.99 Å². The number of rotatable bonds is 7. The summed E-state index contributed by atoms with van der Waals surface area (Å²) in [4.78, 5) is 43.1. The average Bonchev–Trinajstić information content (AvgIpc) is 2.99. The average molecular weight is 482 g/mol. The molecule has 3 N–H and O–H groups in total. The van der Waals surface area contributed by atoms with Crippen LogP contribution in [0.1, 0.15) is 19.4 Å². The van der Waals surface area contributed by atoms with Crippen molar-refractivity contribution in [3.63, 3.8) is 0 Å². The first-order chi connectivity index (χ1) is 13.9. The Bertz CT molecular complexity index is 858. The second-order valence-corrected chi connectivity index (χ2v) is 6.60. The fourth-order valence-corrected chi connectivity index (χ4v) is 3.06. The number of nitrogens with one attached hydrogen (secondary N) is 1. The van der Waals surface area contributed by atoms with Crippen LogP contribution in [0, 0.1) is 0 Å². The van der Waals surface area contributed by atoms with Crippen LogP contribution in [0.5, 0.6) is 0 Å². The molecule has 2 aliphatic rings. The van der Waals surface area contributed by atoms with Gasteiger partial charge in [0.15, 0.2) is 11.5 Å². The minimum Gasteiger partial charge on any atom is -1.00 e. The molecule has 0 atom stereocenters. The van der Waals surface area contributed by atoms with E-state index in [1.54, 1.807) is 4.90 Å². The third-order valence-electron chi connectivity index (χ3n) is 4.20. The maximum absolute atomic E-state index is 12.8. The lowest BCUT2D eigenvalue weighted by atomic mass is 10.2. The van der Waals surface area contributed by atoms with Crippen molar-refractivity contribution < 1.29 is 46.2 Å². The molecule has 0 saturated carbocycles. The molecule has 162 valence electrons. The molecule has 3 rings (SSSR count). The van der Waals surface area contributed by atoms with Crippen LogP contribution >= 0.6 is 0 Å². The van der Waals surface area contributed by atoms with Crippen molar-refractivity contribution in [3.05, 3.63) is 47.4 Å². The Kier molecular flexibility index (Phi) is 8.51. The summed E-state index contributed by atoms with van der Waals surface area (Å²) in [6.07, 6.45) is 0. The van der Waals surface area contributed by atoms with E-state index in [1.807, 2.05) is 35.2 Å². The molecule has 0 radical (unpaired) electrons. The minimum absolute atomic E-state index is 0. The van der Waals surface area contributed by atoms with E-state index < -0.39 is 0 Å². The monoisotopic (exact) mass is 481 g/mol. The molecular weight excluding hydrogens is 458 g/mol. The molecule has 0 spiro atoms. The SMILES string of the molecule is CC(=O)NC1=NC2=C(C(=O)[NH2+]1)N(Cc1ccccc1)CN2COCCOC(C)=O.[Br-]. The highest BCUT2D eigenvalue weighted by atomic mass is 79.9. The number of primary amides is 1. The van der Waals surface area contributed by atoms with Crippen molar-refractivity contribution in [2.75, 3.05) is 26.6 Å². The van der Waals surface area contributed by atoms with E-state index >= 15 is 0 Å². The smallest absolute Gasteiger partial charge is 0.370 e. The third kappa shape index (κ3) is 6.12. The summed E-state index contributed by atoms with van der Waals surface area (Å²) in [5.74, 6) is -0.249. The van der Waals surface area contributed by atoms with Gasteiger partial charge < -0.3 is 36.3 Å². The fraction of sp³-hybridized carbons (Fsp3) is 0.368. The van der Waals surface area contributed by atoms with Gasteiger partial charge >= 0.3 is 17.8 Å². The topological polar surface area (TPSA) is 117 Å². The standard InChI is InChI=1S/C19H23N5O5.BrH/c1-13(25)20-19-21-17-16(18(27)22-19)23(10-15-6-4-3-5-7-15)11-24(17)12-28-8-9-29-14(2)26;/h3-7H,8-12H2,1-2H3,(H2,20,21,22,25,27);1H. The van der Waals surface area contributed by atoms with Crippen LogP contribution in [0.4, 0.5) is 0 Å². The number of benzene rings is 1. The highest BCUT2D eigenvalue weighted by Crippen LogP contribution is 2.27. The molecule has 0 fully saturated rings. The lowest BCUT2D eigenvalue weighted by molar-refractivity contribution is -0.454. The zero-order chi connectivity index (χ0) is 20.8. The zero-order valence-corrected chi connectivity index (χ0v) is 18.3. The predicted octanol–water partition coefficient (Wildman–Crippen LogP) is -3.93. The van der Waals surface area contributed by atoms with Gasteiger partial charge in [0, 0.05) is 20.4 Å². The number of carbonyl (C=O) groups excluding carboxylic acids is 3. The van der Waals surface area contributed by atoms with E-state index in [4.69, 9.17) is 9.47 Å². The van der Waals surface area contributed by atoms with Gasteiger partial charge in [-0.3, -0.25) is 14.9 Å². The van der Waals surface area contributed by atoms with E-state index in [-0.39, 0.29) is 60.7 Å². The summed E-state index contributed by atoms with van der Waals surface area (Å²) >= 11 is 0. The van der Waals surface area contributed by atoms with E-state index in [9.17, 15) is 14.4 Å². The largest absolute Gasteiger partial charge is 1.00 e. The Morgan fingerprint density at radius 2 is 1.90 bits per heavy atom. The number of ether oxygens (including phenoxy) is 2. The first kappa shape index (κ1) is 23.5. The molecule has 0 aromatic heterocycles. The summed E-state index contributed by atoms with van der Waals surface area (Å²) < 4.78 is 10.4. The lowest BCUT2D eigenvalue weighted by Gasteiger charge is -2.22. The normalized spacial score (nSPS) is 15.4. The fourth-order valence-electron chi connectivity index (χ4n) is 3.06. The Balaban J connectivity index is 0.00000320. The number of quaternary nitrogens is 1. The van der Waals surface area contributed by atoms with E-state index in [0.717, 1.165) is 5.56 Å². The van der Waals surface area contributed by atoms with Crippen LogP contribution in [-0.2, 0) is 30.4 Å². The van der Waals surface area contributed by atoms with Gasteiger partial charge in [0.2, 0.25) is 5.91 Å². The molecular formula is C19H24BrN5O5. The van der Waals surface area contributed by atoms with Gasteiger partial charge in [0.25, 0.3) is 0 Å². The number of aliphatic imine (C=N–C) groups is 1. The number of nitrogens with zero attached hydrogens (tertiary/aromatic N) is 3. The number of esters is 1. The molecule has 30 heavy (non-hydrogen) atoms. The Morgan fingerprint density at radius 1 is 1.17 bits per heavy atom. The summed E-state index contributed by atoms with van der Waals surface area (Å²) in [6, 6.07) is 9.80. The zero-order valence-electron chi connectivity index (χ0n) is 16.8. The minimum atomic E-state index is -0.369. The molecule has 2 heterocycles. The van der Waals surface area contributed by atoms with Crippen LogP contribution in [0.25, 0.3) is 0 Å². The molecule has 0 unspecified atom stereocenters. The van der Waals surface area contributed by atoms with Crippen molar-refractivity contribution >= 4 is 23.7 Å². The van der Waals surface area contributed by atoms with E-state index in [1.165, 1.54) is 19.2 Å². The van der Waals surface area contributed by atoms with Crippen molar-refractivity contribution in [2.45, 2.75) is 20.4 Å². The number of halogens is 1. The first-order valence-corrected chi connectivity index (χ1v) is 9.18. The molecule has 0 aliphatic carbocycles. The summed E-state index contributed by atoms with van der Waals surface area (Å²) in [5.41, 5.74) is 1.52. The van der Waals surface area contributed by atoms with Crippen LogP contribution in [-0.4, -0.2) is 60.2 Å². The molecule has 0 saturated heterocycles. The molecule has 2 amide bonds. The van der Waals surface area contributed by atoms with Crippen LogP contribution in [0.3, 0.4) is 0 Å². The number of guanidine groups is 1. The Labute approximate surface area is 184 Å². The van der Waals surface area contributed by atoms with Gasteiger partial charge in [0.1, 0.15) is 13.3 Å². The number of hydrogen-bond acceptors (Lipinski definition) is 8. The number of nitrogens with two attached hydrogens (primary N) is 1. The maximum Gasteiger partial charge on any atom is 0.370 e. The van der Waals surface area contributed by atoms with Crippen LogP contribution in [0.2, 0.25) is 0 Å². The van der Waals surface area contributed by atoms with Crippen LogP contribution < -0.4 is 27.6 Å². The van der Waals surface area contributed by atoms with Crippen molar-refractivity contribution in [3.8, 4) is 0 Å². The molecule has 2 aliphatic heterocycles. The second kappa shape index (κ2) is 10.9. The Morgan fingerprint density at radius 3 is 2.57 bits per heavy atom. The summed E-state index contributed by atoms with van der Waals surface area (Å²) in [7, 11) is 0. The predicted molar refractivity (Wildman–Crippen MR) is 101 cm³/mol. The number of carbonyl (C=O) groups is 3.